The lowest BCUT2D eigenvalue weighted by Gasteiger charge is -2.19. The third-order valence-corrected chi connectivity index (χ3v) is 5.40. The van der Waals surface area contributed by atoms with Gasteiger partial charge in [0, 0.05) is 5.92 Å². The number of nitrogens with one attached hydrogen (secondary N) is 1. The van der Waals surface area contributed by atoms with Crippen molar-refractivity contribution in [3.05, 3.63) is 102 Å². The van der Waals surface area contributed by atoms with Gasteiger partial charge in [0.2, 0.25) is 0 Å². The van der Waals surface area contributed by atoms with Crippen LogP contribution in [0.2, 0.25) is 0 Å². The van der Waals surface area contributed by atoms with Gasteiger partial charge in [-0.2, -0.15) is 0 Å². The van der Waals surface area contributed by atoms with E-state index < -0.39 is 18.1 Å². The molecule has 156 valence electrons. The van der Waals surface area contributed by atoms with Crippen LogP contribution in [0.1, 0.15) is 29.0 Å². The summed E-state index contributed by atoms with van der Waals surface area (Å²) in [7, 11) is 0. The van der Waals surface area contributed by atoms with Crippen molar-refractivity contribution >= 4 is 18.1 Å². The van der Waals surface area contributed by atoms with Gasteiger partial charge in [-0.05, 0) is 34.2 Å². The number of aliphatic carboxylic acids is 1. The van der Waals surface area contributed by atoms with Gasteiger partial charge in [0.15, 0.2) is 0 Å². The van der Waals surface area contributed by atoms with Crippen molar-refractivity contribution in [1.82, 2.24) is 5.32 Å². The molecule has 1 aliphatic carbocycles. The number of carboxylic acids is 1. The molecule has 0 spiro atoms. The molecule has 3 aromatic carbocycles. The van der Waals surface area contributed by atoms with Gasteiger partial charge in [-0.3, -0.25) is 0 Å². The molecule has 1 amide bonds. The number of alkyl carbamates (subject to hydrolysis) is 1. The van der Waals surface area contributed by atoms with Crippen LogP contribution in [-0.4, -0.2) is 24.7 Å². The number of ether oxygens (including phenoxy) is 1. The minimum Gasteiger partial charge on any atom is -0.548 e. The Morgan fingerprint density at radius 1 is 0.903 bits per heavy atom. The van der Waals surface area contributed by atoms with Gasteiger partial charge < -0.3 is 20.0 Å². The largest absolute Gasteiger partial charge is 0.548 e. The average molecular weight is 412 g/mol. The van der Waals surface area contributed by atoms with Crippen LogP contribution in [0.15, 0.2) is 84.9 Å². The van der Waals surface area contributed by atoms with Crippen LogP contribution in [0, 0.1) is 0 Å². The van der Waals surface area contributed by atoms with Crippen LogP contribution in [0.25, 0.3) is 17.2 Å². The van der Waals surface area contributed by atoms with Crippen molar-refractivity contribution in [2.45, 2.75) is 18.4 Å². The molecule has 0 aliphatic heterocycles. The maximum atomic E-state index is 12.3. The summed E-state index contributed by atoms with van der Waals surface area (Å²) in [5.41, 5.74) is 5.40. The molecule has 0 radical (unpaired) electrons. The number of benzene rings is 3. The molecule has 0 unspecified atom stereocenters. The number of hydrogen-bond donors (Lipinski definition) is 1. The first kappa shape index (κ1) is 20.4. The second kappa shape index (κ2) is 9.30. The number of fused-ring (bicyclic) bond motifs is 3. The topological polar surface area (TPSA) is 78.5 Å². The van der Waals surface area contributed by atoms with Crippen molar-refractivity contribution in [3.8, 4) is 11.1 Å². The average Bonchev–Trinajstić information content (AvgIpc) is 3.11. The third-order valence-electron chi connectivity index (χ3n) is 5.40. The van der Waals surface area contributed by atoms with Crippen molar-refractivity contribution in [3.63, 3.8) is 0 Å². The van der Waals surface area contributed by atoms with E-state index in [2.05, 4.69) is 17.4 Å². The number of amides is 1. The fourth-order valence-electron chi connectivity index (χ4n) is 3.90. The van der Waals surface area contributed by atoms with Crippen molar-refractivity contribution < 1.29 is 19.4 Å². The van der Waals surface area contributed by atoms with Crippen LogP contribution in [-0.2, 0) is 9.53 Å². The van der Waals surface area contributed by atoms with Crippen LogP contribution < -0.4 is 10.4 Å². The Morgan fingerprint density at radius 2 is 1.48 bits per heavy atom. The van der Waals surface area contributed by atoms with Crippen molar-refractivity contribution in [1.29, 1.82) is 0 Å². The van der Waals surface area contributed by atoms with E-state index in [4.69, 9.17) is 4.74 Å². The molecule has 0 aromatic heterocycles. The van der Waals surface area contributed by atoms with E-state index in [-0.39, 0.29) is 18.9 Å². The molecule has 31 heavy (non-hydrogen) atoms. The van der Waals surface area contributed by atoms with E-state index in [9.17, 15) is 14.7 Å². The standard InChI is InChI=1S/C26H23NO4/c28-25(29)24(16-8-11-18-9-2-1-3-10-18)27-26(30)31-17-23-21-14-6-4-12-19(21)20-13-5-7-15-22(20)23/h1-15,23-24H,16-17H2,(H,27,30)(H,28,29)/p-1/b11-8+/t24-/m0/s1. The summed E-state index contributed by atoms with van der Waals surface area (Å²) in [6.45, 7) is 0.124. The van der Waals surface area contributed by atoms with E-state index in [0.717, 1.165) is 27.8 Å². The van der Waals surface area contributed by atoms with E-state index in [1.54, 1.807) is 12.2 Å². The Hall–Kier alpha value is -3.86. The lowest BCUT2D eigenvalue weighted by Crippen LogP contribution is -2.47. The molecule has 0 fully saturated rings. The van der Waals surface area contributed by atoms with Gasteiger partial charge in [0.1, 0.15) is 6.61 Å². The molecular weight excluding hydrogens is 390 g/mol. The van der Waals surface area contributed by atoms with Gasteiger partial charge in [-0.1, -0.05) is 91.0 Å². The number of carboxylic acid groups (broad SMARTS) is 1. The highest BCUT2D eigenvalue weighted by atomic mass is 16.5. The molecule has 3 aromatic rings. The van der Waals surface area contributed by atoms with Gasteiger partial charge in [-0.25, -0.2) is 4.79 Å². The van der Waals surface area contributed by atoms with Crippen LogP contribution in [0.5, 0.6) is 0 Å². The zero-order valence-corrected chi connectivity index (χ0v) is 16.9. The van der Waals surface area contributed by atoms with E-state index in [0.29, 0.717) is 0 Å². The highest BCUT2D eigenvalue weighted by molar-refractivity contribution is 5.80. The van der Waals surface area contributed by atoms with Crippen molar-refractivity contribution in [2.24, 2.45) is 0 Å². The summed E-state index contributed by atoms with van der Waals surface area (Å²) in [6, 6.07) is 24.4. The Bertz CT molecular complexity index is 1060. The first-order valence-corrected chi connectivity index (χ1v) is 10.2. The number of carbonyl (C=O) groups excluding carboxylic acids is 2. The highest BCUT2D eigenvalue weighted by Crippen LogP contribution is 2.44. The number of rotatable bonds is 7. The summed E-state index contributed by atoms with van der Waals surface area (Å²) in [4.78, 5) is 23.8. The molecule has 1 aliphatic rings. The van der Waals surface area contributed by atoms with Gasteiger partial charge in [0.25, 0.3) is 0 Å². The summed E-state index contributed by atoms with van der Waals surface area (Å²) in [5.74, 6) is -1.44. The second-order valence-electron chi connectivity index (χ2n) is 7.39. The zero-order valence-electron chi connectivity index (χ0n) is 16.9. The first-order valence-electron chi connectivity index (χ1n) is 10.2. The predicted octanol–water partition coefficient (Wildman–Crippen LogP) is 3.75. The Balaban J connectivity index is 1.38. The summed E-state index contributed by atoms with van der Waals surface area (Å²) in [5, 5.41) is 13.9. The fourth-order valence-corrected chi connectivity index (χ4v) is 3.90. The zero-order chi connectivity index (χ0) is 21.6. The lowest BCUT2D eigenvalue weighted by atomic mass is 9.98. The number of hydrogen-bond acceptors (Lipinski definition) is 4. The molecule has 0 saturated carbocycles. The fraction of sp³-hybridized carbons (Fsp3) is 0.154. The molecule has 0 bridgehead atoms. The van der Waals surface area contributed by atoms with Gasteiger partial charge in [0.05, 0.1) is 12.0 Å². The molecule has 1 N–H and O–H groups in total. The molecule has 0 heterocycles. The van der Waals surface area contributed by atoms with Crippen LogP contribution >= 0.6 is 0 Å². The van der Waals surface area contributed by atoms with Crippen molar-refractivity contribution in [2.75, 3.05) is 6.61 Å². The van der Waals surface area contributed by atoms with Crippen LogP contribution in [0.4, 0.5) is 4.79 Å². The third kappa shape index (κ3) is 4.67. The highest BCUT2D eigenvalue weighted by Gasteiger charge is 2.29. The normalized spacial score (nSPS) is 13.4. The maximum absolute atomic E-state index is 12.3. The van der Waals surface area contributed by atoms with Gasteiger partial charge in [-0.15, -0.1) is 0 Å². The van der Waals surface area contributed by atoms with Gasteiger partial charge >= 0.3 is 6.09 Å². The molecule has 5 heteroatoms. The minimum absolute atomic E-state index is 0.0856. The first-order chi connectivity index (χ1) is 15.1. The molecule has 0 saturated heterocycles. The summed E-state index contributed by atoms with van der Waals surface area (Å²) in [6.07, 6.45) is 2.82. The lowest BCUT2D eigenvalue weighted by molar-refractivity contribution is -0.308. The summed E-state index contributed by atoms with van der Waals surface area (Å²) >= 11 is 0. The predicted molar refractivity (Wildman–Crippen MR) is 117 cm³/mol. The Kier molecular flexibility index (Phi) is 6.13. The Morgan fingerprint density at radius 3 is 2.10 bits per heavy atom. The smallest absolute Gasteiger partial charge is 0.407 e. The molecule has 5 nitrogen and oxygen atoms in total. The van der Waals surface area contributed by atoms with E-state index in [1.165, 1.54) is 0 Å². The summed E-state index contributed by atoms with van der Waals surface area (Å²) < 4.78 is 5.42. The quantitative estimate of drug-likeness (QED) is 0.641. The monoisotopic (exact) mass is 412 g/mol. The molecule has 1 atom stereocenters. The van der Waals surface area contributed by atoms with E-state index >= 15 is 0 Å². The maximum Gasteiger partial charge on any atom is 0.407 e. The second-order valence-corrected chi connectivity index (χ2v) is 7.39. The van der Waals surface area contributed by atoms with E-state index in [1.807, 2.05) is 66.7 Å². The number of carbonyl (C=O) groups is 2. The Labute approximate surface area is 181 Å². The SMILES string of the molecule is O=C(N[C@@H](C/C=C/c1ccccc1)C(=O)[O-])OCC1c2ccccc2-c2ccccc21. The molecular formula is C26H22NO4-. The van der Waals surface area contributed by atoms with Crippen LogP contribution in [0.3, 0.4) is 0 Å². The molecule has 4 rings (SSSR count). The minimum atomic E-state index is -1.36.